The molecule has 0 saturated carbocycles. The summed E-state index contributed by atoms with van der Waals surface area (Å²) in [6.45, 7) is 2.11. The lowest BCUT2D eigenvalue weighted by molar-refractivity contribution is -0.136. The minimum absolute atomic E-state index is 0.203. The molecule has 0 aromatic heterocycles. The molecule has 0 unspecified atom stereocenters. The van der Waals surface area contributed by atoms with E-state index < -0.39 is 11.8 Å². The first kappa shape index (κ1) is 20.3. The van der Waals surface area contributed by atoms with Crippen molar-refractivity contribution in [2.24, 2.45) is 0 Å². The van der Waals surface area contributed by atoms with Gasteiger partial charge in [0.05, 0.1) is 25.4 Å². The molecule has 0 aliphatic carbocycles. The maximum Gasteiger partial charge on any atom is 0.340 e. The maximum atomic E-state index is 13.5. The fraction of sp³-hybridized carbons (Fsp3) is 0.217. The molecule has 5 nitrogen and oxygen atoms in total. The first-order valence-corrected chi connectivity index (χ1v) is 9.16. The predicted molar refractivity (Wildman–Crippen MR) is 108 cm³/mol. The van der Waals surface area contributed by atoms with Gasteiger partial charge in [-0.05, 0) is 54.8 Å². The number of ether oxygens (including phenoxy) is 2. The highest BCUT2D eigenvalue weighted by molar-refractivity contribution is 6.16. The molecule has 0 N–H and O–H groups in total. The lowest BCUT2D eigenvalue weighted by Crippen LogP contribution is -2.27. The van der Waals surface area contributed by atoms with E-state index in [9.17, 15) is 14.0 Å². The van der Waals surface area contributed by atoms with Gasteiger partial charge in [0.15, 0.2) is 0 Å². The Labute approximate surface area is 169 Å². The Bertz CT molecular complexity index is 992. The number of esters is 1. The van der Waals surface area contributed by atoms with Crippen molar-refractivity contribution in [1.82, 2.24) is 4.90 Å². The number of carbonyl (C=O) groups is 2. The minimum Gasteiger partial charge on any atom is -0.497 e. The molecule has 0 fully saturated rings. The summed E-state index contributed by atoms with van der Waals surface area (Å²) in [5.74, 6) is -0.553. The summed E-state index contributed by atoms with van der Waals surface area (Å²) in [5, 5.41) is 0. The van der Waals surface area contributed by atoms with Crippen LogP contribution < -0.4 is 4.74 Å². The third kappa shape index (κ3) is 4.37. The van der Waals surface area contributed by atoms with E-state index >= 15 is 0 Å². The summed E-state index contributed by atoms with van der Waals surface area (Å²) in [6.07, 6.45) is 2.13. The molecule has 6 heteroatoms. The van der Waals surface area contributed by atoms with Crippen LogP contribution in [0.5, 0.6) is 5.75 Å². The lowest BCUT2D eigenvalue weighted by atomic mass is 10.0. The van der Waals surface area contributed by atoms with Crippen LogP contribution in [0.4, 0.5) is 4.39 Å². The summed E-state index contributed by atoms with van der Waals surface area (Å²) in [5.41, 5.74) is 2.47. The Morgan fingerprint density at radius 1 is 1.14 bits per heavy atom. The van der Waals surface area contributed by atoms with Gasteiger partial charge in [-0.1, -0.05) is 24.3 Å². The van der Waals surface area contributed by atoms with Gasteiger partial charge >= 0.3 is 5.97 Å². The van der Waals surface area contributed by atoms with Crippen molar-refractivity contribution in [2.75, 3.05) is 20.8 Å². The molecule has 2 aromatic carbocycles. The van der Waals surface area contributed by atoms with E-state index in [4.69, 9.17) is 9.47 Å². The standard InChI is InChI=1S/C23H22FNO4/c1-15-21(23(27)29-3)20(14-17-5-4-6-18(24)13-17)22(26)25(15)12-11-16-7-9-19(28-2)10-8-16/h4-10,13-14H,11-12H2,1-3H3/b20-14-. The largest absolute Gasteiger partial charge is 0.497 e. The molecule has 1 aliphatic rings. The second-order valence-electron chi connectivity index (χ2n) is 6.62. The number of hydrogen-bond donors (Lipinski definition) is 0. The van der Waals surface area contributed by atoms with Crippen LogP contribution in [0.15, 0.2) is 65.4 Å². The summed E-state index contributed by atoms with van der Waals surface area (Å²) in [7, 11) is 2.87. The van der Waals surface area contributed by atoms with Crippen LogP contribution in [-0.4, -0.2) is 37.5 Å². The van der Waals surface area contributed by atoms with Crippen LogP contribution in [0.25, 0.3) is 6.08 Å². The van der Waals surface area contributed by atoms with Crippen LogP contribution in [-0.2, 0) is 20.7 Å². The molecule has 150 valence electrons. The summed E-state index contributed by atoms with van der Waals surface area (Å²) in [6, 6.07) is 13.4. The number of carbonyl (C=O) groups excluding carboxylic acids is 2. The van der Waals surface area contributed by atoms with Gasteiger partial charge in [-0.2, -0.15) is 0 Å². The van der Waals surface area contributed by atoms with Crippen molar-refractivity contribution >= 4 is 18.0 Å². The number of benzene rings is 2. The molecule has 2 aromatic rings. The van der Waals surface area contributed by atoms with Crippen LogP contribution in [0.1, 0.15) is 18.1 Å². The molecule has 3 rings (SSSR count). The molecule has 1 amide bonds. The molecule has 1 heterocycles. The van der Waals surface area contributed by atoms with Crippen molar-refractivity contribution < 1.29 is 23.5 Å². The van der Waals surface area contributed by atoms with Crippen molar-refractivity contribution in [3.8, 4) is 5.75 Å². The highest BCUT2D eigenvalue weighted by Gasteiger charge is 2.36. The average Bonchev–Trinajstić information content (AvgIpc) is 2.95. The summed E-state index contributed by atoms with van der Waals surface area (Å²) >= 11 is 0. The van der Waals surface area contributed by atoms with Crippen LogP contribution in [0, 0.1) is 5.82 Å². The highest BCUT2D eigenvalue weighted by atomic mass is 19.1. The topological polar surface area (TPSA) is 55.8 Å². The number of methoxy groups -OCH3 is 2. The highest BCUT2D eigenvalue weighted by Crippen LogP contribution is 2.32. The molecule has 1 aliphatic heterocycles. The van der Waals surface area contributed by atoms with Gasteiger partial charge in [0.1, 0.15) is 11.6 Å². The number of nitrogens with zero attached hydrogens (tertiary/aromatic N) is 1. The van der Waals surface area contributed by atoms with E-state index in [2.05, 4.69) is 0 Å². The number of halogens is 1. The monoisotopic (exact) mass is 395 g/mol. The summed E-state index contributed by atoms with van der Waals surface area (Å²) < 4.78 is 23.6. The number of allylic oxidation sites excluding steroid dienone is 1. The fourth-order valence-corrected chi connectivity index (χ4v) is 3.29. The van der Waals surface area contributed by atoms with Crippen molar-refractivity contribution in [3.05, 3.63) is 82.3 Å². The Balaban J connectivity index is 1.89. The first-order valence-electron chi connectivity index (χ1n) is 9.16. The van der Waals surface area contributed by atoms with Gasteiger partial charge in [-0.25, -0.2) is 9.18 Å². The maximum absolute atomic E-state index is 13.5. The van der Waals surface area contributed by atoms with E-state index in [1.165, 1.54) is 25.3 Å². The van der Waals surface area contributed by atoms with Gasteiger partial charge in [0.25, 0.3) is 5.91 Å². The normalized spacial score (nSPS) is 15.2. The molecule has 0 spiro atoms. The van der Waals surface area contributed by atoms with Gasteiger partial charge < -0.3 is 14.4 Å². The molecular formula is C23H22FNO4. The second kappa shape index (κ2) is 8.73. The molecular weight excluding hydrogens is 373 g/mol. The zero-order chi connectivity index (χ0) is 21.0. The number of rotatable bonds is 6. The zero-order valence-electron chi connectivity index (χ0n) is 16.6. The Morgan fingerprint density at radius 2 is 1.86 bits per heavy atom. The van der Waals surface area contributed by atoms with E-state index in [0.717, 1.165) is 11.3 Å². The van der Waals surface area contributed by atoms with Gasteiger partial charge in [0.2, 0.25) is 0 Å². The Kier molecular flexibility index (Phi) is 6.12. The second-order valence-corrected chi connectivity index (χ2v) is 6.62. The smallest absolute Gasteiger partial charge is 0.340 e. The first-order chi connectivity index (χ1) is 13.9. The van der Waals surface area contributed by atoms with E-state index in [1.807, 2.05) is 24.3 Å². The van der Waals surface area contributed by atoms with E-state index in [-0.39, 0.29) is 17.1 Å². The third-order valence-corrected chi connectivity index (χ3v) is 4.84. The van der Waals surface area contributed by atoms with Gasteiger partial charge in [-0.15, -0.1) is 0 Å². The Morgan fingerprint density at radius 3 is 2.48 bits per heavy atom. The van der Waals surface area contributed by atoms with Crippen LogP contribution >= 0.6 is 0 Å². The zero-order valence-corrected chi connectivity index (χ0v) is 16.6. The number of hydrogen-bond acceptors (Lipinski definition) is 4. The fourth-order valence-electron chi connectivity index (χ4n) is 3.29. The Hall–Kier alpha value is -3.41. The average molecular weight is 395 g/mol. The van der Waals surface area contributed by atoms with Gasteiger partial charge in [0, 0.05) is 12.2 Å². The van der Waals surface area contributed by atoms with E-state index in [0.29, 0.717) is 24.2 Å². The predicted octanol–water partition coefficient (Wildman–Crippen LogP) is 3.75. The molecule has 0 bridgehead atoms. The summed E-state index contributed by atoms with van der Waals surface area (Å²) in [4.78, 5) is 26.9. The lowest BCUT2D eigenvalue weighted by Gasteiger charge is -2.18. The quantitative estimate of drug-likeness (QED) is 0.552. The molecule has 0 atom stereocenters. The molecule has 0 saturated heterocycles. The third-order valence-electron chi connectivity index (χ3n) is 4.84. The van der Waals surface area contributed by atoms with Gasteiger partial charge in [-0.3, -0.25) is 4.79 Å². The number of amides is 1. The van der Waals surface area contributed by atoms with Crippen molar-refractivity contribution in [1.29, 1.82) is 0 Å². The molecule has 29 heavy (non-hydrogen) atoms. The van der Waals surface area contributed by atoms with Crippen LogP contribution in [0.3, 0.4) is 0 Å². The van der Waals surface area contributed by atoms with E-state index in [1.54, 1.807) is 31.1 Å². The SMILES string of the molecule is COC(=O)C1=C(C)N(CCc2ccc(OC)cc2)C(=O)/C1=C\c1cccc(F)c1. The van der Waals surface area contributed by atoms with Crippen molar-refractivity contribution in [2.45, 2.75) is 13.3 Å². The minimum atomic E-state index is -0.592. The van der Waals surface area contributed by atoms with Crippen LogP contribution in [0.2, 0.25) is 0 Å². The van der Waals surface area contributed by atoms with Crippen molar-refractivity contribution in [3.63, 3.8) is 0 Å². The molecule has 0 radical (unpaired) electrons.